The van der Waals surface area contributed by atoms with E-state index < -0.39 is 72.7 Å². The van der Waals surface area contributed by atoms with Crippen molar-refractivity contribution in [2.75, 3.05) is 13.2 Å². The van der Waals surface area contributed by atoms with Crippen LogP contribution in [0.15, 0.2) is 0 Å². The van der Waals surface area contributed by atoms with E-state index in [2.05, 4.69) is 21.3 Å². The molecular formula is C17H29N5O7. The lowest BCUT2D eigenvalue weighted by Gasteiger charge is -2.24. The maximum atomic E-state index is 12.4. The van der Waals surface area contributed by atoms with Gasteiger partial charge in [0.1, 0.15) is 18.1 Å². The molecular weight excluding hydrogens is 386 g/mol. The molecule has 0 spiro atoms. The molecule has 1 aliphatic heterocycles. The molecule has 12 heteroatoms. The minimum atomic E-state index is -1.46. The number of carboxylic acid groups (broad SMARTS) is 1. The molecule has 4 unspecified atom stereocenters. The molecule has 1 heterocycles. The van der Waals surface area contributed by atoms with Crippen LogP contribution in [0.3, 0.4) is 0 Å². The molecule has 0 radical (unpaired) electrons. The summed E-state index contributed by atoms with van der Waals surface area (Å²) in [5.41, 5.74) is 5.12. The third-order valence-corrected chi connectivity index (χ3v) is 4.46. The minimum Gasteiger partial charge on any atom is -0.480 e. The highest BCUT2D eigenvalue weighted by Crippen LogP contribution is 2.06. The Balaban J connectivity index is 2.81. The van der Waals surface area contributed by atoms with Crippen molar-refractivity contribution in [3.63, 3.8) is 0 Å². The topological polar surface area (TPSA) is 200 Å². The van der Waals surface area contributed by atoms with Crippen molar-refractivity contribution in [1.82, 2.24) is 21.3 Å². The molecule has 1 rings (SSSR count). The Morgan fingerprint density at radius 1 is 1.07 bits per heavy atom. The summed E-state index contributed by atoms with van der Waals surface area (Å²) < 4.78 is 0. The van der Waals surface area contributed by atoms with Crippen LogP contribution in [0, 0.1) is 5.92 Å². The standard InChI is InChI=1S/C17H29N5O7/c1-8(2)13(17(28)29)22-15(26)10(6-12(18)24)20-16(27)11(7-23)21-14(25)9-4-3-5-19-9/h8-11,13,19,23H,3-7H2,1-2H3,(H2,18,24)(H,20,27)(H,21,25)(H,22,26)(H,28,29). The molecule has 12 nitrogen and oxygen atoms in total. The monoisotopic (exact) mass is 415 g/mol. The van der Waals surface area contributed by atoms with Gasteiger partial charge in [0, 0.05) is 0 Å². The van der Waals surface area contributed by atoms with Crippen LogP contribution in [0.2, 0.25) is 0 Å². The Bertz CT molecular complexity index is 634. The number of carbonyl (C=O) groups excluding carboxylic acids is 4. The number of nitrogens with two attached hydrogens (primary N) is 1. The smallest absolute Gasteiger partial charge is 0.326 e. The van der Waals surface area contributed by atoms with Gasteiger partial charge < -0.3 is 37.2 Å². The Kier molecular flexibility index (Phi) is 9.48. The number of aliphatic carboxylic acids is 1. The Morgan fingerprint density at radius 2 is 1.69 bits per heavy atom. The zero-order valence-electron chi connectivity index (χ0n) is 16.4. The summed E-state index contributed by atoms with van der Waals surface area (Å²) in [6, 6.07) is -4.54. The van der Waals surface area contributed by atoms with Crippen LogP contribution in [0.25, 0.3) is 0 Å². The first-order chi connectivity index (χ1) is 13.6. The second-order valence-corrected chi connectivity index (χ2v) is 7.19. The fourth-order valence-electron chi connectivity index (χ4n) is 2.82. The number of nitrogens with one attached hydrogen (secondary N) is 4. The van der Waals surface area contributed by atoms with Gasteiger partial charge in [-0.3, -0.25) is 19.2 Å². The third-order valence-electron chi connectivity index (χ3n) is 4.46. The summed E-state index contributed by atoms with van der Waals surface area (Å²) in [7, 11) is 0. The number of aliphatic hydroxyl groups is 1. The predicted molar refractivity (Wildman–Crippen MR) is 100 cm³/mol. The van der Waals surface area contributed by atoms with Gasteiger partial charge in [0.2, 0.25) is 23.6 Å². The first kappa shape index (κ1) is 24.3. The van der Waals surface area contributed by atoms with Crippen LogP contribution in [0.1, 0.15) is 33.1 Å². The molecule has 1 fully saturated rings. The lowest BCUT2D eigenvalue weighted by atomic mass is 10.0. The maximum Gasteiger partial charge on any atom is 0.326 e. The summed E-state index contributed by atoms with van der Waals surface area (Å²) in [5, 5.41) is 28.4. The molecule has 0 aromatic heterocycles. The van der Waals surface area contributed by atoms with E-state index in [0.29, 0.717) is 13.0 Å². The van der Waals surface area contributed by atoms with Gasteiger partial charge in [-0.15, -0.1) is 0 Å². The van der Waals surface area contributed by atoms with Crippen LogP contribution in [-0.2, 0) is 24.0 Å². The van der Waals surface area contributed by atoms with Crippen molar-refractivity contribution < 1.29 is 34.2 Å². The summed E-state index contributed by atoms with van der Waals surface area (Å²) >= 11 is 0. The molecule has 1 saturated heterocycles. The van der Waals surface area contributed by atoms with Crippen LogP contribution in [-0.4, -0.2) is 77.1 Å². The van der Waals surface area contributed by atoms with Gasteiger partial charge in [-0.05, 0) is 25.3 Å². The zero-order valence-corrected chi connectivity index (χ0v) is 16.4. The van der Waals surface area contributed by atoms with Crippen LogP contribution < -0.4 is 27.0 Å². The van der Waals surface area contributed by atoms with E-state index in [4.69, 9.17) is 5.73 Å². The van der Waals surface area contributed by atoms with Crippen molar-refractivity contribution in [2.24, 2.45) is 11.7 Å². The van der Waals surface area contributed by atoms with Gasteiger partial charge in [-0.25, -0.2) is 4.79 Å². The molecule has 29 heavy (non-hydrogen) atoms. The van der Waals surface area contributed by atoms with E-state index in [1.54, 1.807) is 13.8 Å². The Morgan fingerprint density at radius 3 is 2.14 bits per heavy atom. The molecule has 4 atom stereocenters. The summed E-state index contributed by atoms with van der Waals surface area (Å²) in [6.45, 7) is 3.08. The number of amides is 4. The lowest BCUT2D eigenvalue weighted by molar-refractivity contribution is -0.143. The molecule has 0 bridgehead atoms. The molecule has 0 saturated carbocycles. The molecule has 0 aromatic rings. The number of hydrogen-bond donors (Lipinski definition) is 7. The van der Waals surface area contributed by atoms with Crippen molar-refractivity contribution >= 4 is 29.6 Å². The lowest BCUT2D eigenvalue weighted by Crippen LogP contribution is -2.59. The fraction of sp³-hybridized carbons (Fsp3) is 0.706. The van der Waals surface area contributed by atoms with Gasteiger partial charge >= 0.3 is 5.97 Å². The fourth-order valence-corrected chi connectivity index (χ4v) is 2.82. The largest absolute Gasteiger partial charge is 0.480 e. The minimum absolute atomic E-state index is 0.454. The quantitative estimate of drug-likeness (QED) is 0.183. The third kappa shape index (κ3) is 7.66. The van der Waals surface area contributed by atoms with Crippen molar-refractivity contribution in [1.29, 1.82) is 0 Å². The Labute approximate surface area is 168 Å². The number of rotatable bonds is 11. The molecule has 0 aromatic carbocycles. The van der Waals surface area contributed by atoms with E-state index in [0.717, 1.165) is 6.42 Å². The number of aliphatic hydroxyl groups excluding tert-OH is 1. The highest BCUT2D eigenvalue weighted by atomic mass is 16.4. The predicted octanol–water partition coefficient (Wildman–Crippen LogP) is -3.20. The van der Waals surface area contributed by atoms with Crippen LogP contribution in [0.5, 0.6) is 0 Å². The number of primary amides is 1. The average molecular weight is 415 g/mol. The molecule has 164 valence electrons. The first-order valence-corrected chi connectivity index (χ1v) is 9.33. The summed E-state index contributed by atoms with van der Waals surface area (Å²) in [4.78, 5) is 59.5. The zero-order chi connectivity index (χ0) is 22.1. The van der Waals surface area contributed by atoms with Gasteiger partial charge in [0.05, 0.1) is 19.1 Å². The average Bonchev–Trinajstić information content (AvgIpc) is 3.16. The maximum absolute atomic E-state index is 12.4. The number of hydrogen-bond acceptors (Lipinski definition) is 7. The van der Waals surface area contributed by atoms with E-state index >= 15 is 0 Å². The van der Waals surface area contributed by atoms with Crippen molar-refractivity contribution in [2.45, 2.75) is 57.3 Å². The normalized spacial score (nSPS) is 19.1. The van der Waals surface area contributed by atoms with Crippen molar-refractivity contribution in [3.05, 3.63) is 0 Å². The first-order valence-electron chi connectivity index (χ1n) is 9.33. The van der Waals surface area contributed by atoms with Gasteiger partial charge in [-0.2, -0.15) is 0 Å². The SMILES string of the molecule is CC(C)C(NC(=O)C(CC(N)=O)NC(=O)C(CO)NC(=O)C1CCCN1)C(=O)O. The van der Waals surface area contributed by atoms with Gasteiger partial charge in [-0.1, -0.05) is 13.8 Å². The van der Waals surface area contributed by atoms with Gasteiger partial charge in [0.25, 0.3) is 0 Å². The molecule has 8 N–H and O–H groups in total. The molecule has 4 amide bonds. The van der Waals surface area contributed by atoms with Gasteiger partial charge in [0.15, 0.2) is 0 Å². The van der Waals surface area contributed by atoms with E-state index in [1.165, 1.54) is 0 Å². The van der Waals surface area contributed by atoms with Crippen molar-refractivity contribution in [3.8, 4) is 0 Å². The van der Waals surface area contributed by atoms with E-state index in [9.17, 15) is 34.2 Å². The number of carboxylic acids is 1. The van der Waals surface area contributed by atoms with Crippen LogP contribution >= 0.6 is 0 Å². The summed E-state index contributed by atoms with van der Waals surface area (Å²) in [6.07, 6.45) is 0.803. The second-order valence-electron chi connectivity index (χ2n) is 7.19. The highest BCUT2D eigenvalue weighted by molar-refractivity contribution is 5.96. The highest BCUT2D eigenvalue weighted by Gasteiger charge is 2.32. The van der Waals surface area contributed by atoms with Crippen LogP contribution in [0.4, 0.5) is 0 Å². The second kappa shape index (κ2) is 11.3. The molecule has 0 aliphatic carbocycles. The Hall–Kier alpha value is -2.73. The van der Waals surface area contributed by atoms with E-state index in [1.807, 2.05) is 0 Å². The molecule has 1 aliphatic rings. The number of carbonyl (C=O) groups is 5. The van der Waals surface area contributed by atoms with E-state index in [-0.39, 0.29) is 0 Å². The summed E-state index contributed by atoms with van der Waals surface area (Å²) in [5.74, 6) is -4.93.